The zero-order valence-corrected chi connectivity index (χ0v) is 19.5. The van der Waals surface area contributed by atoms with E-state index in [1.165, 1.54) is 5.56 Å². The third-order valence-corrected chi connectivity index (χ3v) is 8.04. The van der Waals surface area contributed by atoms with Crippen LogP contribution in [0.1, 0.15) is 34.3 Å². The van der Waals surface area contributed by atoms with Gasteiger partial charge in [0, 0.05) is 49.0 Å². The summed E-state index contributed by atoms with van der Waals surface area (Å²) in [6.45, 7) is 2.87. The van der Waals surface area contributed by atoms with Crippen LogP contribution < -0.4 is 9.62 Å². The Hall–Kier alpha value is -2.71. The van der Waals surface area contributed by atoms with Crippen LogP contribution in [0.25, 0.3) is 0 Å². The fraction of sp³-hybridized carbons (Fsp3) is 0.333. The number of carbonyl (C=O) groups is 1. The molecular formula is C24H26N4O2S2. The van der Waals surface area contributed by atoms with Gasteiger partial charge in [-0.25, -0.2) is 9.19 Å². The van der Waals surface area contributed by atoms with Gasteiger partial charge in [0.25, 0.3) is 5.91 Å². The van der Waals surface area contributed by atoms with E-state index in [0.717, 1.165) is 55.2 Å². The lowest BCUT2D eigenvalue weighted by atomic mass is 9.98. The van der Waals surface area contributed by atoms with Gasteiger partial charge in [-0.3, -0.25) is 4.79 Å². The van der Waals surface area contributed by atoms with Gasteiger partial charge in [-0.15, -0.1) is 11.3 Å². The maximum absolute atomic E-state index is 13.5. The van der Waals surface area contributed by atoms with Crippen LogP contribution in [0.15, 0.2) is 58.9 Å². The number of piperazine rings is 1. The highest BCUT2D eigenvalue weighted by atomic mass is 32.2. The fourth-order valence-corrected chi connectivity index (χ4v) is 5.86. The average molecular weight is 467 g/mol. The van der Waals surface area contributed by atoms with Crippen molar-refractivity contribution in [1.29, 1.82) is 0 Å². The first kappa shape index (κ1) is 21.2. The molecule has 1 N–H and O–H groups in total. The van der Waals surface area contributed by atoms with Gasteiger partial charge < -0.3 is 14.5 Å². The van der Waals surface area contributed by atoms with E-state index in [2.05, 4.69) is 26.7 Å². The minimum atomic E-state index is -1.43. The first-order valence-corrected chi connectivity index (χ1v) is 13.0. The molecule has 1 amide bonds. The van der Waals surface area contributed by atoms with Crippen LogP contribution in [0, 0.1) is 0 Å². The molecule has 2 aromatic carbocycles. The van der Waals surface area contributed by atoms with Gasteiger partial charge in [0.05, 0.1) is 4.90 Å². The van der Waals surface area contributed by atoms with Crippen LogP contribution in [0.5, 0.6) is 0 Å². The summed E-state index contributed by atoms with van der Waals surface area (Å²) >= 11 is 1.63. The van der Waals surface area contributed by atoms with E-state index >= 15 is 0 Å². The smallest absolute Gasteiger partial charge is 0.254 e. The minimum Gasteiger partial charge on any atom is -0.345 e. The van der Waals surface area contributed by atoms with E-state index < -0.39 is 11.0 Å². The topological polar surface area (TPSA) is 65.5 Å². The predicted molar refractivity (Wildman–Crippen MR) is 130 cm³/mol. The van der Waals surface area contributed by atoms with Crippen molar-refractivity contribution in [1.82, 2.24) is 9.88 Å². The van der Waals surface area contributed by atoms with Gasteiger partial charge in [0.2, 0.25) is 0 Å². The number of nitrogens with zero attached hydrogens (tertiary/aromatic N) is 3. The summed E-state index contributed by atoms with van der Waals surface area (Å²) in [5.41, 5.74) is 3.83. The van der Waals surface area contributed by atoms with Crippen LogP contribution in [-0.2, 0) is 23.8 Å². The highest BCUT2D eigenvalue weighted by molar-refractivity contribution is 7.86. The van der Waals surface area contributed by atoms with Crippen molar-refractivity contribution in [3.05, 3.63) is 70.7 Å². The molecule has 0 radical (unpaired) electrons. The van der Waals surface area contributed by atoms with E-state index in [1.54, 1.807) is 11.3 Å². The number of thiazole rings is 1. The Balaban J connectivity index is 1.38. The second-order valence-electron chi connectivity index (χ2n) is 8.19. The first-order valence-electron chi connectivity index (χ1n) is 11.0. The molecule has 1 atom stereocenters. The molecule has 5 aliphatic heterocycles. The summed E-state index contributed by atoms with van der Waals surface area (Å²) in [4.78, 5) is 22.7. The van der Waals surface area contributed by atoms with Gasteiger partial charge in [-0.2, -0.15) is 0 Å². The molecule has 32 heavy (non-hydrogen) atoms. The summed E-state index contributed by atoms with van der Waals surface area (Å²) in [5.74, 6) is 0.0353. The molecule has 8 heteroatoms. The summed E-state index contributed by atoms with van der Waals surface area (Å²) in [7, 11) is -1.43. The lowest BCUT2D eigenvalue weighted by molar-refractivity contribution is 0.0745. The molecule has 166 valence electrons. The Morgan fingerprint density at radius 3 is 2.53 bits per heavy atom. The largest absolute Gasteiger partial charge is 0.345 e. The van der Waals surface area contributed by atoms with Crippen molar-refractivity contribution >= 4 is 39.0 Å². The number of rotatable bonds is 2. The third-order valence-electron chi connectivity index (χ3n) is 6.11. The standard InChI is InChI=1S/C24H26N4O2S2/c29-23(27-12-14-28(15-13-27)24-25-11-16-31-24)22-17-21-10-7-19(22)4-2-1-3-18-5-8-20(9-6-18)26-32(21)30/h5-11,16-17,26H,1-4,12-15H2. The average Bonchev–Trinajstić information content (AvgIpc) is 3.37. The van der Waals surface area contributed by atoms with Crippen molar-refractivity contribution in [3.63, 3.8) is 0 Å². The zero-order chi connectivity index (χ0) is 21.9. The summed E-state index contributed by atoms with van der Waals surface area (Å²) in [5, 5.41) is 2.99. The lowest BCUT2D eigenvalue weighted by Crippen LogP contribution is -2.49. The highest BCUT2D eigenvalue weighted by Crippen LogP contribution is 2.24. The SMILES string of the molecule is O=C(c1cc2ccc1CCCCc1ccc(cc1)NS2=O)N1CCN(c2nccs2)CC1. The van der Waals surface area contributed by atoms with Gasteiger partial charge in [-0.1, -0.05) is 18.2 Å². The van der Waals surface area contributed by atoms with Crippen molar-refractivity contribution in [2.24, 2.45) is 0 Å². The molecule has 5 aliphatic rings. The Morgan fingerprint density at radius 1 is 1.00 bits per heavy atom. The van der Waals surface area contributed by atoms with Crippen LogP contribution >= 0.6 is 11.3 Å². The molecule has 0 aliphatic carbocycles. The van der Waals surface area contributed by atoms with E-state index in [0.29, 0.717) is 23.5 Å². The van der Waals surface area contributed by atoms with Gasteiger partial charge >= 0.3 is 0 Å². The van der Waals surface area contributed by atoms with Gasteiger partial charge in [-0.05, 0) is 61.1 Å². The number of aryl methyl sites for hydroxylation is 2. The van der Waals surface area contributed by atoms with Crippen LogP contribution in [-0.4, -0.2) is 46.2 Å². The quantitative estimate of drug-likeness (QED) is 0.617. The number of amides is 1. The predicted octanol–water partition coefficient (Wildman–Crippen LogP) is 4.12. The molecule has 1 aromatic heterocycles. The summed E-state index contributed by atoms with van der Waals surface area (Å²) in [6.07, 6.45) is 5.75. The Bertz CT molecular complexity index is 1110. The molecule has 4 bridgehead atoms. The molecule has 1 saturated heterocycles. The van der Waals surface area contributed by atoms with Crippen molar-refractivity contribution < 1.29 is 9.00 Å². The number of aromatic nitrogens is 1. The van der Waals surface area contributed by atoms with Gasteiger partial charge in [0.15, 0.2) is 5.13 Å². The molecule has 1 unspecified atom stereocenters. The molecule has 6 heterocycles. The monoisotopic (exact) mass is 466 g/mol. The van der Waals surface area contributed by atoms with Crippen molar-refractivity contribution in [2.45, 2.75) is 30.6 Å². The number of hydrogen-bond donors (Lipinski definition) is 1. The maximum Gasteiger partial charge on any atom is 0.254 e. The number of anilines is 2. The second-order valence-corrected chi connectivity index (χ2v) is 10.3. The Labute approximate surface area is 194 Å². The normalized spacial score (nSPS) is 18.9. The summed E-state index contributed by atoms with van der Waals surface area (Å²) in [6, 6.07) is 13.8. The van der Waals surface area contributed by atoms with E-state index in [4.69, 9.17) is 0 Å². The lowest BCUT2D eigenvalue weighted by Gasteiger charge is -2.35. The molecule has 6 nitrogen and oxygen atoms in total. The Kier molecular flexibility index (Phi) is 6.23. The number of benzene rings is 2. The van der Waals surface area contributed by atoms with E-state index in [9.17, 15) is 9.00 Å². The second kappa shape index (κ2) is 9.42. The number of hydrogen-bond acceptors (Lipinski definition) is 5. The molecule has 8 rings (SSSR count). The zero-order valence-electron chi connectivity index (χ0n) is 17.8. The Morgan fingerprint density at radius 2 is 1.78 bits per heavy atom. The summed E-state index contributed by atoms with van der Waals surface area (Å²) < 4.78 is 16.0. The van der Waals surface area contributed by atoms with E-state index in [-0.39, 0.29) is 5.91 Å². The molecule has 0 spiro atoms. The van der Waals surface area contributed by atoms with Crippen LogP contribution in [0.3, 0.4) is 0 Å². The molecule has 0 saturated carbocycles. The third kappa shape index (κ3) is 4.56. The van der Waals surface area contributed by atoms with E-state index in [1.807, 2.05) is 46.8 Å². The van der Waals surface area contributed by atoms with Crippen LogP contribution in [0.4, 0.5) is 10.8 Å². The molecular weight excluding hydrogens is 440 g/mol. The van der Waals surface area contributed by atoms with Crippen molar-refractivity contribution in [2.75, 3.05) is 35.8 Å². The van der Waals surface area contributed by atoms with Crippen LogP contribution in [0.2, 0.25) is 0 Å². The number of nitrogens with one attached hydrogen (secondary N) is 1. The molecule has 3 aromatic rings. The number of carbonyl (C=O) groups excluding carboxylic acids is 1. The van der Waals surface area contributed by atoms with Gasteiger partial charge in [0.1, 0.15) is 11.0 Å². The molecule has 1 fully saturated rings. The van der Waals surface area contributed by atoms with Crippen molar-refractivity contribution in [3.8, 4) is 0 Å². The minimum absolute atomic E-state index is 0.0353. The first-order chi connectivity index (χ1) is 15.7. The fourth-order valence-electron chi connectivity index (χ4n) is 4.28. The maximum atomic E-state index is 13.5. The highest BCUT2D eigenvalue weighted by Gasteiger charge is 2.25.